The van der Waals surface area contributed by atoms with E-state index in [0.717, 1.165) is 43.6 Å². The zero-order valence-corrected chi connectivity index (χ0v) is 15.8. The normalized spacial score (nSPS) is 13.0. The van der Waals surface area contributed by atoms with Crippen molar-refractivity contribution in [2.45, 2.75) is 32.6 Å². The monoisotopic (exact) mass is 365 g/mol. The van der Waals surface area contributed by atoms with Crippen molar-refractivity contribution in [3.63, 3.8) is 0 Å². The van der Waals surface area contributed by atoms with E-state index >= 15 is 0 Å². The summed E-state index contributed by atoms with van der Waals surface area (Å²) in [5.74, 6) is -0.0386. The van der Waals surface area contributed by atoms with Crippen LogP contribution in [0.15, 0.2) is 48.5 Å². The third-order valence-electron chi connectivity index (χ3n) is 4.80. The predicted molar refractivity (Wildman–Crippen MR) is 109 cm³/mol. The quantitative estimate of drug-likeness (QED) is 0.737. The van der Waals surface area contributed by atoms with Crippen LogP contribution in [0.3, 0.4) is 0 Å². The Labute approximate surface area is 160 Å². The van der Waals surface area contributed by atoms with Crippen LogP contribution in [0.1, 0.15) is 42.1 Å². The van der Waals surface area contributed by atoms with Crippen molar-refractivity contribution in [2.75, 3.05) is 29.9 Å². The number of rotatable bonds is 7. The number of amides is 2. The van der Waals surface area contributed by atoms with Gasteiger partial charge in [-0.1, -0.05) is 37.6 Å². The van der Waals surface area contributed by atoms with E-state index in [1.54, 1.807) is 12.1 Å². The van der Waals surface area contributed by atoms with Gasteiger partial charge in [0.05, 0.1) is 6.54 Å². The minimum Gasteiger partial charge on any atom is -0.376 e. The summed E-state index contributed by atoms with van der Waals surface area (Å²) < 4.78 is 0. The SMILES string of the molecule is CCCCNC(=O)c1cccc(NCC(=O)N2CCCc3ccccc32)c1. The van der Waals surface area contributed by atoms with Gasteiger partial charge in [-0.15, -0.1) is 0 Å². The molecular weight excluding hydrogens is 338 g/mol. The van der Waals surface area contributed by atoms with E-state index in [1.165, 1.54) is 5.56 Å². The lowest BCUT2D eigenvalue weighted by Gasteiger charge is -2.29. The lowest BCUT2D eigenvalue weighted by atomic mass is 10.0. The average Bonchev–Trinajstić information content (AvgIpc) is 2.72. The van der Waals surface area contributed by atoms with Gasteiger partial charge in [0.25, 0.3) is 5.91 Å². The Kier molecular flexibility index (Phi) is 6.47. The van der Waals surface area contributed by atoms with Crippen molar-refractivity contribution >= 4 is 23.2 Å². The molecule has 0 fully saturated rings. The van der Waals surface area contributed by atoms with Gasteiger partial charge in [-0.25, -0.2) is 0 Å². The van der Waals surface area contributed by atoms with Crippen LogP contribution in [0, 0.1) is 0 Å². The molecular formula is C22H27N3O2. The van der Waals surface area contributed by atoms with E-state index in [1.807, 2.05) is 35.2 Å². The topological polar surface area (TPSA) is 61.4 Å². The molecule has 2 amide bonds. The molecule has 1 aliphatic heterocycles. The molecule has 5 nitrogen and oxygen atoms in total. The third-order valence-corrected chi connectivity index (χ3v) is 4.80. The summed E-state index contributed by atoms with van der Waals surface area (Å²) in [5.41, 5.74) is 3.62. The summed E-state index contributed by atoms with van der Waals surface area (Å²) in [6.45, 7) is 3.72. The highest BCUT2D eigenvalue weighted by atomic mass is 16.2. The summed E-state index contributed by atoms with van der Waals surface area (Å²) >= 11 is 0. The number of nitrogens with zero attached hydrogens (tertiary/aromatic N) is 1. The van der Waals surface area contributed by atoms with E-state index in [9.17, 15) is 9.59 Å². The minimum atomic E-state index is -0.0802. The highest BCUT2D eigenvalue weighted by Crippen LogP contribution is 2.26. The lowest BCUT2D eigenvalue weighted by molar-refractivity contribution is -0.117. The summed E-state index contributed by atoms with van der Waals surface area (Å²) in [5, 5.41) is 6.08. The van der Waals surface area contributed by atoms with Gasteiger partial charge in [0.15, 0.2) is 0 Å². The van der Waals surface area contributed by atoms with Gasteiger partial charge >= 0.3 is 0 Å². The Morgan fingerprint density at radius 3 is 2.81 bits per heavy atom. The van der Waals surface area contributed by atoms with Gasteiger partial charge in [0, 0.05) is 30.0 Å². The first-order valence-corrected chi connectivity index (χ1v) is 9.69. The van der Waals surface area contributed by atoms with Crippen molar-refractivity contribution in [2.24, 2.45) is 0 Å². The first-order valence-electron chi connectivity index (χ1n) is 9.69. The molecule has 0 unspecified atom stereocenters. The molecule has 2 aromatic carbocycles. The number of fused-ring (bicyclic) bond motifs is 1. The molecule has 2 aromatic rings. The molecule has 5 heteroatoms. The number of nitrogens with one attached hydrogen (secondary N) is 2. The van der Waals surface area contributed by atoms with Crippen LogP contribution in [-0.2, 0) is 11.2 Å². The fourth-order valence-electron chi connectivity index (χ4n) is 3.32. The lowest BCUT2D eigenvalue weighted by Crippen LogP contribution is -2.39. The second-order valence-electron chi connectivity index (χ2n) is 6.82. The van der Waals surface area contributed by atoms with Crippen molar-refractivity contribution in [3.8, 4) is 0 Å². The van der Waals surface area contributed by atoms with Gasteiger partial charge in [-0.2, -0.15) is 0 Å². The molecule has 0 atom stereocenters. The molecule has 0 aromatic heterocycles. The van der Waals surface area contributed by atoms with Crippen molar-refractivity contribution < 1.29 is 9.59 Å². The predicted octanol–water partition coefficient (Wildman–Crippen LogP) is 3.61. The van der Waals surface area contributed by atoms with Crippen LogP contribution in [-0.4, -0.2) is 31.4 Å². The second-order valence-corrected chi connectivity index (χ2v) is 6.82. The van der Waals surface area contributed by atoms with Crippen LogP contribution >= 0.6 is 0 Å². The molecule has 0 aliphatic carbocycles. The van der Waals surface area contributed by atoms with Crippen LogP contribution in [0.2, 0.25) is 0 Å². The molecule has 1 aliphatic rings. The van der Waals surface area contributed by atoms with Crippen molar-refractivity contribution in [1.29, 1.82) is 0 Å². The number of carbonyl (C=O) groups is 2. The van der Waals surface area contributed by atoms with Crippen LogP contribution in [0.5, 0.6) is 0 Å². The third kappa shape index (κ3) is 4.88. The second kappa shape index (κ2) is 9.21. The average molecular weight is 365 g/mol. The molecule has 0 spiro atoms. The smallest absolute Gasteiger partial charge is 0.251 e. The number of hydrogen-bond acceptors (Lipinski definition) is 3. The largest absolute Gasteiger partial charge is 0.376 e. The fourth-order valence-corrected chi connectivity index (χ4v) is 3.32. The summed E-state index contributed by atoms with van der Waals surface area (Å²) in [7, 11) is 0. The minimum absolute atomic E-state index is 0.0416. The van der Waals surface area contributed by atoms with Gasteiger partial charge in [-0.3, -0.25) is 9.59 Å². The molecule has 0 bridgehead atoms. The zero-order chi connectivity index (χ0) is 19.1. The number of para-hydroxylation sites is 1. The molecule has 3 rings (SSSR count). The first-order chi connectivity index (χ1) is 13.2. The van der Waals surface area contributed by atoms with E-state index in [-0.39, 0.29) is 18.4 Å². The van der Waals surface area contributed by atoms with E-state index in [2.05, 4.69) is 23.6 Å². The van der Waals surface area contributed by atoms with Gasteiger partial charge in [0.2, 0.25) is 5.91 Å². The number of aryl methyl sites for hydroxylation is 1. The van der Waals surface area contributed by atoms with Crippen LogP contribution in [0.4, 0.5) is 11.4 Å². The van der Waals surface area contributed by atoms with Crippen molar-refractivity contribution in [1.82, 2.24) is 5.32 Å². The van der Waals surface area contributed by atoms with Crippen molar-refractivity contribution in [3.05, 3.63) is 59.7 Å². The fraction of sp³-hybridized carbons (Fsp3) is 0.364. The maximum absolute atomic E-state index is 12.7. The molecule has 1 heterocycles. The maximum atomic E-state index is 12.7. The number of benzene rings is 2. The van der Waals surface area contributed by atoms with Crippen LogP contribution in [0.25, 0.3) is 0 Å². The van der Waals surface area contributed by atoms with Gasteiger partial charge in [0.1, 0.15) is 0 Å². The number of anilines is 2. The Hall–Kier alpha value is -2.82. The summed E-state index contributed by atoms with van der Waals surface area (Å²) in [6.07, 6.45) is 4.01. The molecule has 27 heavy (non-hydrogen) atoms. The first kappa shape index (κ1) is 19.0. The number of carbonyl (C=O) groups excluding carboxylic acids is 2. The van der Waals surface area contributed by atoms with Gasteiger partial charge in [-0.05, 0) is 49.1 Å². The highest BCUT2D eigenvalue weighted by molar-refractivity contribution is 5.98. The highest BCUT2D eigenvalue weighted by Gasteiger charge is 2.21. The molecule has 0 radical (unpaired) electrons. The van der Waals surface area contributed by atoms with Gasteiger partial charge < -0.3 is 15.5 Å². The summed E-state index contributed by atoms with van der Waals surface area (Å²) in [4.78, 5) is 26.7. The molecule has 142 valence electrons. The zero-order valence-electron chi connectivity index (χ0n) is 15.8. The van der Waals surface area contributed by atoms with E-state index in [0.29, 0.717) is 12.1 Å². The standard InChI is InChI=1S/C22H27N3O2/c1-2-3-13-23-22(27)18-9-6-11-19(15-18)24-16-21(26)25-14-7-10-17-8-4-5-12-20(17)25/h4-6,8-9,11-12,15,24H,2-3,7,10,13-14,16H2,1H3,(H,23,27). The Bertz CT molecular complexity index is 804. The maximum Gasteiger partial charge on any atom is 0.251 e. The van der Waals surface area contributed by atoms with E-state index in [4.69, 9.17) is 0 Å². The van der Waals surface area contributed by atoms with E-state index < -0.39 is 0 Å². The number of hydrogen-bond donors (Lipinski definition) is 2. The summed E-state index contributed by atoms with van der Waals surface area (Å²) in [6, 6.07) is 15.4. The Morgan fingerprint density at radius 2 is 1.96 bits per heavy atom. The molecule has 0 saturated carbocycles. The molecule has 2 N–H and O–H groups in total. The number of unbranched alkanes of at least 4 members (excludes halogenated alkanes) is 1. The van der Waals surface area contributed by atoms with Crippen LogP contribution < -0.4 is 15.5 Å². The Balaban J connectivity index is 1.60. The molecule has 0 saturated heterocycles. The Morgan fingerprint density at radius 1 is 1.11 bits per heavy atom.